The highest BCUT2D eigenvalue weighted by atomic mass is 79.9. The van der Waals surface area contributed by atoms with Crippen molar-refractivity contribution < 1.29 is 9.59 Å². The van der Waals surface area contributed by atoms with Crippen LogP contribution < -0.4 is 11.5 Å². The Labute approximate surface area is 143 Å². The van der Waals surface area contributed by atoms with E-state index in [1.807, 2.05) is 25.1 Å². The number of nitrogens with two attached hydrogens (primary N) is 2. The Hall–Kier alpha value is -2.15. The van der Waals surface area contributed by atoms with Crippen molar-refractivity contribution in [3.63, 3.8) is 0 Å². The first kappa shape index (κ1) is 17.2. The van der Waals surface area contributed by atoms with Gasteiger partial charge in [-0.25, -0.2) is 4.99 Å². The van der Waals surface area contributed by atoms with E-state index < -0.39 is 5.91 Å². The van der Waals surface area contributed by atoms with E-state index in [1.165, 1.54) is 4.90 Å². The van der Waals surface area contributed by atoms with Crippen LogP contribution in [0.15, 0.2) is 33.2 Å². The maximum atomic E-state index is 12.7. The van der Waals surface area contributed by atoms with Crippen molar-refractivity contribution >= 4 is 45.3 Å². The van der Waals surface area contributed by atoms with Crippen LogP contribution in [0.5, 0.6) is 0 Å². The molecule has 0 spiro atoms. The van der Waals surface area contributed by atoms with Crippen LogP contribution in [0, 0.1) is 0 Å². The molecule has 1 aliphatic heterocycles. The molecule has 122 valence electrons. The molecule has 0 aromatic heterocycles. The summed E-state index contributed by atoms with van der Waals surface area (Å²) in [4.78, 5) is 29.7. The summed E-state index contributed by atoms with van der Waals surface area (Å²) >= 11 is 3.39. The molecule has 1 heterocycles. The van der Waals surface area contributed by atoms with Crippen molar-refractivity contribution in [2.45, 2.75) is 19.8 Å². The summed E-state index contributed by atoms with van der Waals surface area (Å²) in [6.07, 6.45) is 2.75. The molecule has 1 aromatic carbocycles. The highest BCUT2D eigenvalue weighted by Gasteiger charge is 2.22. The molecule has 1 aliphatic rings. The first-order valence-electron chi connectivity index (χ1n) is 7.31. The largest absolute Gasteiger partial charge is 0.387 e. The predicted octanol–water partition coefficient (Wildman–Crippen LogP) is 1.95. The average Bonchev–Trinajstić information content (AvgIpc) is 2.63. The van der Waals surface area contributed by atoms with E-state index >= 15 is 0 Å². The fraction of sp³-hybridized carbons (Fsp3) is 0.312. The number of aliphatic imine (C=N–C) groups is 1. The molecule has 0 bridgehead atoms. The van der Waals surface area contributed by atoms with E-state index in [0.29, 0.717) is 23.6 Å². The second-order valence-corrected chi connectivity index (χ2v) is 6.26. The second kappa shape index (κ2) is 7.41. The number of hydrogen-bond acceptors (Lipinski definition) is 4. The molecule has 0 saturated heterocycles. The molecule has 23 heavy (non-hydrogen) atoms. The summed E-state index contributed by atoms with van der Waals surface area (Å²) in [6.45, 7) is 2.29. The third-order valence-electron chi connectivity index (χ3n) is 3.36. The van der Waals surface area contributed by atoms with Gasteiger partial charge in [0.05, 0.1) is 12.2 Å². The number of fused-ring (bicyclic) bond motifs is 1. The topological polar surface area (TPSA) is 102 Å². The first-order chi connectivity index (χ1) is 10.9. The number of halogens is 1. The van der Waals surface area contributed by atoms with E-state index in [9.17, 15) is 9.59 Å². The van der Waals surface area contributed by atoms with Gasteiger partial charge in [0.15, 0.2) is 0 Å². The fourth-order valence-corrected chi connectivity index (χ4v) is 2.76. The maximum absolute atomic E-state index is 12.7. The standard InChI is InChI=1S/C16H19BrN4O2/c1-2-5-21(9-15(19)22)16(23)11-6-10-3-4-12(17)8-13(10)20-14(18)7-11/h3-4,6,8H,2,5,7,9H2,1H3,(H2,18,20)(H2,19,22). The first-order valence-corrected chi connectivity index (χ1v) is 8.10. The van der Waals surface area contributed by atoms with Gasteiger partial charge in [0.2, 0.25) is 5.91 Å². The number of carbonyl (C=O) groups excluding carboxylic acids is 2. The normalized spacial score (nSPS) is 13.5. The molecule has 0 aliphatic carbocycles. The molecule has 2 amide bonds. The summed E-state index contributed by atoms with van der Waals surface area (Å²) in [6, 6.07) is 5.59. The van der Waals surface area contributed by atoms with Gasteiger partial charge >= 0.3 is 0 Å². The number of primary amides is 1. The van der Waals surface area contributed by atoms with Gasteiger partial charge in [-0.05, 0) is 24.6 Å². The Morgan fingerprint density at radius 2 is 2.13 bits per heavy atom. The van der Waals surface area contributed by atoms with Crippen LogP contribution >= 0.6 is 15.9 Å². The molecular formula is C16H19BrN4O2. The molecule has 2 rings (SSSR count). The molecule has 0 radical (unpaired) electrons. The fourth-order valence-electron chi connectivity index (χ4n) is 2.41. The summed E-state index contributed by atoms with van der Waals surface area (Å²) < 4.78 is 0.886. The van der Waals surface area contributed by atoms with Crippen molar-refractivity contribution in [3.8, 4) is 0 Å². The van der Waals surface area contributed by atoms with E-state index in [0.717, 1.165) is 16.5 Å². The van der Waals surface area contributed by atoms with Crippen LogP contribution in [0.3, 0.4) is 0 Å². The lowest BCUT2D eigenvalue weighted by Crippen LogP contribution is -2.40. The minimum absolute atomic E-state index is 0.103. The Kier molecular flexibility index (Phi) is 5.54. The van der Waals surface area contributed by atoms with E-state index in [-0.39, 0.29) is 18.9 Å². The highest BCUT2D eigenvalue weighted by molar-refractivity contribution is 9.10. The lowest BCUT2D eigenvalue weighted by atomic mass is 10.1. The zero-order valence-electron chi connectivity index (χ0n) is 12.9. The van der Waals surface area contributed by atoms with Gasteiger partial charge in [0, 0.05) is 28.6 Å². The zero-order chi connectivity index (χ0) is 17.0. The summed E-state index contributed by atoms with van der Waals surface area (Å²) in [7, 11) is 0. The van der Waals surface area contributed by atoms with Crippen molar-refractivity contribution in [1.29, 1.82) is 0 Å². The average molecular weight is 379 g/mol. The van der Waals surface area contributed by atoms with Gasteiger partial charge in [0.25, 0.3) is 5.91 Å². The minimum atomic E-state index is -0.535. The lowest BCUT2D eigenvalue weighted by molar-refractivity contribution is -0.132. The van der Waals surface area contributed by atoms with Gasteiger partial charge in [-0.3, -0.25) is 9.59 Å². The monoisotopic (exact) mass is 378 g/mol. The number of carbonyl (C=O) groups is 2. The second-order valence-electron chi connectivity index (χ2n) is 5.35. The highest BCUT2D eigenvalue weighted by Crippen LogP contribution is 2.29. The number of rotatable bonds is 5. The SMILES string of the molecule is CCCN(CC(N)=O)C(=O)C1=Cc2ccc(Br)cc2N=C(N)C1. The zero-order valence-corrected chi connectivity index (χ0v) is 14.5. The van der Waals surface area contributed by atoms with Crippen molar-refractivity contribution in [2.75, 3.05) is 13.1 Å². The quantitative estimate of drug-likeness (QED) is 0.818. The smallest absolute Gasteiger partial charge is 0.250 e. The molecule has 0 saturated carbocycles. The number of nitrogens with zero attached hydrogens (tertiary/aromatic N) is 2. The molecule has 0 atom stereocenters. The van der Waals surface area contributed by atoms with Crippen molar-refractivity contribution in [3.05, 3.63) is 33.8 Å². The number of amidine groups is 1. The predicted molar refractivity (Wildman–Crippen MR) is 94.1 cm³/mol. The van der Waals surface area contributed by atoms with Gasteiger partial charge in [-0.2, -0.15) is 0 Å². The third-order valence-corrected chi connectivity index (χ3v) is 3.85. The molecule has 4 N–H and O–H groups in total. The van der Waals surface area contributed by atoms with E-state index in [2.05, 4.69) is 20.9 Å². The Morgan fingerprint density at radius 3 is 2.78 bits per heavy atom. The van der Waals surface area contributed by atoms with E-state index in [1.54, 1.807) is 6.08 Å². The number of amides is 2. The van der Waals surface area contributed by atoms with Gasteiger partial charge in [-0.15, -0.1) is 0 Å². The number of hydrogen-bond donors (Lipinski definition) is 2. The minimum Gasteiger partial charge on any atom is -0.387 e. The Bertz CT molecular complexity index is 697. The van der Waals surface area contributed by atoms with Crippen LogP contribution in [0.4, 0.5) is 5.69 Å². The molecule has 1 aromatic rings. The van der Waals surface area contributed by atoms with Crippen molar-refractivity contribution in [2.24, 2.45) is 16.5 Å². The molecule has 7 heteroatoms. The van der Waals surface area contributed by atoms with E-state index in [4.69, 9.17) is 11.5 Å². The molecule has 0 unspecified atom stereocenters. The summed E-state index contributed by atoms with van der Waals surface area (Å²) in [5.41, 5.74) is 13.2. The Morgan fingerprint density at radius 1 is 1.39 bits per heavy atom. The van der Waals surface area contributed by atoms with Gasteiger partial charge in [-0.1, -0.05) is 28.9 Å². The lowest BCUT2D eigenvalue weighted by Gasteiger charge is -2.21. The van der Waals surface area contributed by atoms with Crippen LogP contribution in [0.2, 0.25) is 0 Å². The van der Waals surface area contributed by atoms with Crippen LogP contribution in [0.25, 0.3) is 6.08 Å². The molecular weight excluding hydrogens is 360 g/mol. The van der Waals surface area contributed by atoms with Gasteiger partial charge in [0.1, 0.15) is 5.84 Å². The number of benzene rings is 1. The Balaban J connectivity index is 2.37. The summed E-state index contributed by atoms with van der Waals surface area (Å²) in [5.74, 6) is -0.413. The molecule has 6 nitrogen and oxygen atoms in total. The van der Waals surface area contributed by atoms with Gasteiger partial charge < -0.3 is 16.4 Å². The third kappa shape index (κ3) is 4.41. The maximum Gasteiger partial charge on any atom is 0.250 e. The molecule has 0 fully saturated rings. The van der Waals surface area contributed by atoms with Crippen molar-refractivity contribution in [1.82, 2.24) is 4.90 Å². The van der Waals surface area contributed by atoms with Crippen LogP contribution in [-0.2, 0) is 9.59 Å². The summed E-state index contributed by atoms with van der Waals surface area (Å²) in [5, 5.41) is 0. The van der Waals surface area contributed by atoms with Crippen LogP contribution in [-0.4, -0.2) is 35.6 Å². The van der Waals surface area contributed by atoms with Crippen LogP contribution in [0.1, 0.15) is 25.3 Å².